The predicted molar refractivity (Wildman–Crippen MR) is 69.2 cm³/mol. The van der Waals surface area contributed by atoms with E-state index in [1.54, 1.807) is 24.3 Å². The number of aldehydes is 1. The molecule has 6 heteroatoms. The zero-order valence-electron chi connectivity index (χ0n) is 10.3. The van der Waals surface area contributed by atoms with Crippen molar-refractivity contribution < 1.29 is 18.8 Å². The lowest BCUT2D eigenvalue weighted by Gasteiger charge is -2.06. The average Bonchev–Trinajstić information content (AvgIpc) is 2.45. The second kappa shape index (κ2) is 5.92. The van der Waals surface area contributed by atoms with Gasteiger partial charge in [-0.25, -0.2) is 0 Å². The Bertz CT molecular complexity index is 640. The molecule has 2 aromatic rings. The maximum atomic E-state index is 13.4. The minimum Gasteiger partial charge on any atom is -0.489 e. The van der Waals surface area contributed by atoms with Crippen molar-refractivity contribution in [3.63, 3.8) is 0 Å². The maximum absolute atomic E-state index is 13.4. The number of hydrogen-bond acceptors (Lipinski definition) is 4. The van der Waals surface area contributed by atoms with E-state index in [4.69, 9.17) is 4.74 Å². The Morgan fingerprint density at radius 3 is 2.45 bits per heavy atom. The van der Waals surface area contributed by atoms with Crippen LogP contribution in [0.1, 0.15) is 15.9 Å². The summed E-state index contributed by atoms with van der Waals surface area (Å²) in [5, 5.41) is 10.5. The Labute approximate surface area is 113 Å². The molecule has 0 spiro atoms. The molecule has 0 aliphatic carbocycles. The summed E-state index contributed by atoms with van der Waals surface area (Å²) in [4.78, 5) is 20.2. The molecule has 0 aliphatic rings. The van der Waals surface area contributed by atoms with E-state index in [0.29, 0.717) is 16.9 Å². The molecule has 0 saturated heterocycles. The van der Waals surface area contributed by atoms with Crippen molar-refractivity contribution in [2.24, 2.45) is 0 Å². The van der Waals surface area contributed by atoms with Crippen molar-refractivity contribution >= 4 is 12.0 Å². The van der Waals surface area contributed by atoms with Gasteiger partial charge in [0.15, 0.2) is 0 Å². The van der Waals surface area contributed by atoms with E-state index in [-0.39, 0.29) is 6.61 Å². The number of nitrogens with zero attached hydrogens (tertiary/aromatic N) is 1. The highest BCUT2D eigenvalue weighted by Gasteiger charge is 2.13. The third kappa shape index (κ3) is 3.17. The number of halogens is 1. The lowest BCUT2D eigenvalue weighted by Crippen LogP contribution is -1.98. The zero-order valence-corrected chi connectivity index (χ0v) is 10.3. The quantitative estimate of drug-likeness (QED) is 0.477. The van der Waals surface area contributed by atoms with Crippen LogP contribution >= 0.6 is 0 Å². The molecule has 0 unspecified atom stereocenters. The van der Waals surface area contributed by atoms with Gasteiger partial charge in [0, 0.05) is 11.6 Å². The van der Waals surface area contributed by atoms with Gasteiger partial charge in [-0.05, 0) is 42.0 Å². The van der Waals surface area contributed by atoms with Crippen LogP contribution in [0.5, 0.6) is 5.75 Å². The number of carbonyl (C=O) groups excluding carboxylic acids is 1. The SMILES string of the molecule is O=Cc1ccc(OCc2ccc([N+](=O)[O-])c(F)c2)cc1. The van der Waals surface area contributed by atoms with Gasteiger partial charge in [0.25, 0.3) is 0 Å². The predicted octanol–water partition coefficient (Wildman–Crippen LogP) is 3.13. The summed E-state index contributed by atoms with van der Waals surface area (Å²) in [6, 6.07) is 10.0. The number of benzene rings is 2. The fourth-order valence-electron chi connectivity index (χ4n) is 1.60. The van der Waals surface area contributed by atoms with Gasteiger partial charge in [0.1, 0.15) is 18.6 Å². The van der Waals surface area contributed by atoms with Crippen molar-refractivity contribution in [2.75, 3.05) is 0 Å². The van der Waals surface area contributed by atoms with E-state index in [9.17, 15) is 19.3 Å². The topological polar surface area (TPSA) is 69.4 Å². The molecule has 20 heavy (non-hydrogen) atoms. The first kappa shape index (κ1) is 13.7. The molecular weight excluding hydrogens is 265 g/mol. The Morgan fingerprint density at radius 2 is 1.90 bits per heavy atom. The third-order valence-corrected chi connectivity index (χ3v) is 2.63. The molecule has 0 N–H and O–H groups in total. The monoisotopic (exact) mass is 275 g/mol. The van der Waals surface area contributed by atoms with Crippen molar-refractivity contribution in [1.82, 2.24) is 0 Å². The standard InChI is InChI=1S/C14H10FNO4/c15-13-7-11(3-6-14(13)16(18)19)9-20-12-4-1-10(8-17)2-5-12/h1-8H,9H2. The summed E-state index contributed by atoms with van der Waals surface area (Å²) in [6.07, 6.45) is 0.718. The minimum absolute atomic E-state index is 0.0787. The molecule has 0 radical (unpaired) electrons. The molecule has 0 atom stereocenters. The van der Waals surface area contributed by atoms with E-state index >= 15 is 0 Å². The van der Waals surface area contributed by atoms with Crippen LogP contribution in [0, 0.1) is 15.9 Å². The summed E-state index contributed by atoms with van der Waals surface area (Å²) >= 11 is 0. The Balaban J connectivity index is 2.05. The normalized spacial score (nSPS) is 10.1. The number of ether oxygens (including phenoxy) is 1. The van der Waals surface area contributed by atoms with Crippen LogP contribution in [0.4, 0.5) is 10.1 Å². The van der Waals surface area contributed by atoms with Crippen LogP contribution in [0.15, 0.2) is 42.5 Å². The second-order valence-corrected chi connectivity index (χ2v) is 4.02. The first-order valence-electron chi connectivity index (χ1n) is 5.71. The van der Waals surface area contributed by atoms with Crippen molar-refractivity contribution in [2.45, 2.75) is 6.61 Å². The number of rotatable bonds is 5. The van der Waals surface area contributed by atoms with Gasteiger partial charge < -0.3 is 4.74 Å². The van der Waals surface area contributed by atoms with Crippen molar-refractivity contribution in [1.29, 1.82) is 0 Å². The van der Waals surface area contributed by atoms with Crippen LogP contribution in [-0.2, 0) is 6.61 Å². The zero-order chi connectivity index (χ0) is 14.5. The molecule has 2 rings (SSSR count). The van der Waals surface area contributed by atoms with E-state index in [1.165, 1.54) is 6.07 Å². The average molecular weight is 275 g/mol. The van der Waals surface area contributed by atoms with Gasteiger partial charge in [-0.3, -0.25) is 14.9 Å². The van der Waals surface area contributed by atoms with Crippen molar-refractivity contribution in [3.8, 4) is 5.75 Å². The second-order valence-electron chi connectivity index (χ2n) is 4.02. The molecule has 0 bridgehead atoms. The largest absolute Gasteiger partial charge is 0.489 e. The van der Waals surface area contributed by atoms with Crippen LogP contribution in [0.3, 0.4) is 0 Å². The molecule has 0 aromatic heterocycles. The van der Waals surface area contributed by atoms with Gasteiger partial charge in [-0.15, -0.1) is 0 Å². The lowest BCUT2D eigenvalue weighted by atomic mass is 10.2. The first-order valence-corrected chi connectivity index (χ1v) is 5.71. The summed E-state index contributed by atoms with van der Waals surface area (Å²) in [7, 11) is 0. The summed E-state index contributed by atoms with van der Waals surface area (Å²) < 4.78 is 18.8. The highest BCUT2D eigenvalue weighted by molar-refractivity contribution is 5.74. The van der Waals surface area contributed by atoms with E-state index < -0.39 is 16.4 Å². The molecule has 0 aliphatic heterocycles. The number of nitro benzene ring substituents is 1. The molecule has 102 valence electrons. The lowest BCUT2D eigenvalue weighted by molar-refractivity contribution is -0.387. The summed E-state index contributed by atoms with van der Waals surface area (Å²) in [6.45, 7) is 0.0787. The van der Waals surface area contributed by atoms with Gasteiger partial charge in [0.05, 0.1) is 4.92 Å². The fraction of sp³-hybridized carbons (Fsp3) is 0.0714. The van der Waals surface area contributed by atoms with Gasteiger partial charge in [0.2, 0.25) is 5.82 Å². The third-order valence-electron chi connectivity index (χ3n) is 2.63. The maximum Gasteiger partial charge on any atom is 0.304 e. The Hall–Kier alpha value is -2.76. The Kier molecular flexibility index (Phi) is 4.05. The van der Waals surface area contributed by atoms with Crippen LogP contribution in [0.25, 0.3) is 0 Å². The van der Waals surface area contributed by atoms with Gasteiger partial charge in [-0.1, -0.05) is 0 Å². The summed E-state index contributed by atoms with van der Waals surface area (Å²) in [5.74, 6) is -0.373. The van der Waals surface area contributed by atoms with E-state index in [1.807, 2.05) is 0 Å². The van der Waals surface area contributed by atoms with Crippen molar-refractivity contribution in [3.05, 3.63) is 69.5 Å². The molecule has 0 fully saturated rings. The van der Waals surface area contributed by atoms with Gasteiger partial charge in [-0.2, -0.15) is 4.39 Å². The summed E-state index contributed by atoms with van der Waals surface area (Å²) in [5.41, 5.74) is 0.440. The first-order chi connectivity index (χ1) is 9.60. The van der Waals surface area contributed by atoms with E-state index in [2.05, 4.69) is 0 Å². The van der Waals surface area contributed by atoms with Crippen LogP contribution in [0.2, 0.25) is 0 Å². The van der Waals surface area contributed by atoms with Crippen LogP contribution in [-0.4, -0.2) is 11.2 Å². The van der Waals surface area contributed by atoms with Gasteiger partial charge >= 0.3 is 5.69 Å². The Morgan fingerprint density at radius 1 is 1.20 bits per heavy atom. The molecule has 0 saturated carbocycles. The van der Waals surface area contributed by atoms with Crippen LogP contribution < -0.4 is 4.74 Å². The number of hydrogen-bond donors (Lipinski definition) is 0. The molecule has 0 amide bonds. The smallest absolute Gasteiger partial charge is 0.304 e. The van der Waals surface area contributed by atoms with E-state index in [0.717, 1.165) is 18.4 Å². The number of carbonyl (C=O) groups is 1. The molecule has 2 aromatic carbocycles. The molecule has 0 heterocycles. The highest BCUT2D eigenvalue weighted by Crippen LogP contribution is 2.19. The minimum atomic E-state index is -0.896. The number of nitro groups is 1. The fourth-order valence-corrected chi connectivity index (χ4v) is 1.60. The molecule has 5 nitrogen and oxygen atoms in total. The molecular formula is C14H10FNO4. The highest BCUT2D eigenvalue weighted by atomic mass is 19.1.